The molecule has 0 saturated carbocycles. The van der Waals surface area contributed by atoms with E-state index >= 15 is 0 Å². The molecule has 3 heterocycles. The Balaban J connectivity index is 1.50. The molecule has 0 amide bonds. The number of anilines is 2. The Morgan fingerprint density at radius 2 is 2.03 bits per heavy atom. The quantitative estimate of drug-likeness (QED) is 0.536. The Bertz CT molecular complexity index is 1080. The first-order chi connectivity index (χ1) is 15.3. The average Bonchev–Trinajstić information content (AvgIpc) is 3.10. The van der Waals surface area contributed by atoms with Crippen molar-refractivity contribution in [3.05, 3.63) is 52.9 Å². The van der Waals surface area contributed by atoms with Crippen molar-refractivity contribution in [3.8, 4) is 10.4 Å². The van der Waals surface area contributed by atoms with Crippen molar-refractivity contribution in [2.24, 2.45) is 0 Å². The van der Waals surface area contributed by atoms with Crippen LogP contribution in [-0.4, -0.2) is 49.0 Å². The van der Waals surface area contributed by atoms with E-state index in [1.807, 2.05) is 31.3 Å². The minimum Gasteiger partial charge on any atom is -0.616 e. The van der Waals surface area contributed by atoms with Gasteiger partial charge < -0.3 is 9.87 Å². The van der Waals surface area contributed by atoms with Crippen molar-refractivity contribution in [2.45, 2.75) is 26.1 Å². The lowest BCUT2D eigenvalue weighted by Gasteiger charge is -2.16. The van der Waals surface area contributed by atoms with Gasteiger partial charge in [0.25, 0.3) is 0 Å². The van der Waals surface area contributed by atoms with Gasteiger partial charge in [0.05, 0.1) is 11.4 Å². The summed E-state index contributed by atoms with van der Waals surface area (Å²) in [6, 6.07) is 6.52. The molecule has 0 radical (unpaired) electrons. The SMILES string of the molecule is Cc1cc(Nc2nccc(C(F)(F)F)n2)cc(-c2cnc(CN3CCC[S+]([O-])CC3)s2)c1. The predicted octanol–water partition coefficient (Wildman–Crippen LogP) is 4.63. The van der Waals surface area contributed by atoms with Crippen LogP contribution in [-0.2, 0) is 23.9 Å². The normalized spacial score (nSPS) is 17.8. The fourth-order valence-electron chi connectivity index (χ4n) is 3.46. The second-order valence-electron chi connectivity index (χ2n) is 7.57. The molecule has 0 spiro atoms. The fourth-order valence-corrected chi connectivity index (χ4v) is 5.53. The van der Waals surface area contributed by atoms with Crippen LogP contribution in [0.25, 0.3) is 10.4 Å². The van der Waals surface area contributed by atoms with Crippen LogP contribution < -0.4 is 5.32 Å². The van der Waals surface area contributed by atoms with Crippen LogP contribution in [0.5, 0.6) is 0 Å². The van der Waals surface area contributed by atoms with Gasteiger partial charge in [0.2, 0.25) is 5.95 Å². The summed E-state index contributed by atoms with van der Waals surface area (Å²) >= 11 is 0.852. The molecule has 1 aromatic carbocycles. The molecule has 1 atom stereocenters. The summed E-state index contributed by atoms with van der Waals surface area (Å²) in [6.07, 6.45) is -0.702. The van der Waals surface area contributed by atoms with Crippen LogP contribution in [0.2, 0.25) is 0 Å². The number of rotatable bonds is 5. The van der Waals surface area contributed by atoms with Crippen molar-refractivity contribution >= 4 is 34.1 Å². The van der Waals surface area contributed by atoms with Gasteiger partial charge in [0.15, 0.2) is 0 Å². The Hall–Kier alpha value is -2.21. The van der Waals surface area contributed by atoms with Crippen LogP contribution in [0, 0.1) is 6.92 Å². The molecule has 1 aliphatic heterocycles. The molecule has 1 N–H and O–H groups in total. The first-order valence-corrected chi connectivity index (χ1v) is 12.4. The van der Waals surface area contributed by atoms with Crippen molar-refractivity contribution < 1.29 is 17.7 Å². The average molecular weight is 482 g/mol. The molecule has 4 rings (SSSR count). The topological polar surface area (TPSA) is 77.0 Å². The third-order valence-electron chi connectivity index (χ3n) is 4.96. The molecular formula is C21H22F3N5OS2. The van der Waals surface area contributed by atoms with Crippen LogP contribution in [0.15, 0.2) is 36.7 Å². The molecule has 1 unspecified atom stereocenters. The number of benzene rings is 1. The number of nitrogens with one attached hydrogen (secondary N) is 1. The lowest BCUT2D eigenvalue weighted by atomic mass is 10.1. The van der Waals surface area contributed by atoms with Crippen LogP contribution in [0.4, 0.5) is 24.8 Å². The standard InChI is InChI=1S/C21H22F3N5OS2/c1-14-9-15(11-16(10-14)27-20-25-4-3-18(28-20)21(22,23)24)17-12-26-19(31-17)13-29-5-2-7-32(30)8-6-29/h3-4,9-12H,2,5-8,13H2,1H3,(H,25,27,28). The molecule has 11 heteroatoms. The zero-order valence-electron chi connectivity index (χ0n) is 17.4. The van der Waals surface area contributed by atoms with E-state index < -0.39 is 23.0 Å². The Kier molecular flexibility index (Phi) is 6.99. The van der Waals surface area contributed by atoms with E-state index in [9.17, 15) is 17.7 Å². The summed E-state index contributed by atoms with van der Waals surface area (Å²) in [5, 5.41) is 3.85. The van der Waals surface area contributed by atoms with Gasteiger partial charge in [-0.05, 0) is 36.2 Å². The monoisotopic (exact) mass is 481 g/mol. The maximum atomic E-state index is 12.9. The van der Waals surface area contributed by atoms with E-state index in [4.69, 9.17) is 0 Å². The first kappa shape index (κ1) is 23.0. The van der Waals surface area contributed by atoms with Gasteiger partial charge in [-0.25, -0.2) is 15.0 Å². The maximum Gasteiger partial charge on any atom is 0.433 e. The lowest BCUT2D eigenvalue weighted by Crippen LogP contribution is -2.26. The third kappa shape index (κ3) is 5.97. The molecular weight excluding hydrogens is 459 g/mol. The fraction of sp³-hybridized carbons (Fsp3) is 0.381. The first-order valence-electron chi connectivity index (χ1n) is 10.1. The van der Waals surface area contributed by atoms with Crippen molar-refractivity contribution in [2.75, 3.05) is 29.9 Å². The molecule has 32 heavy (non-hydrogen) atoms. The number of aryl methyl sites for hydroxylation is 1. The number of hydrogen-bond acceptors (Lipinski definition) is 7. The molecule has 170 valence electrons. The highest BCUT2D eigenvalue weighted by molar-refractivity contribution is 7.91. The molecule has 3 aromatic rings. The molecule has 0 aliphatic carbocycles. The van der Waals surface area contributed by atoms with Gasteiger partial charge >= 0.3 is 6.18 Å². The number of nitrogens with zero attached hydrogens (tertiary/aromatic N) is 4. The Morgan fingerprint density at radius 1 is 1.19 bits per heavy atom. The highest BCUT2D eigenvalue weighted by atomic mass is 32.2. The van der Waals surface area contributed by atoms with E-state index in [1.165, 1.54) is 0 Å². The van der Waals surface area contributed by atoms with Crippen LogP contribution >= 0.6 is 11.3 Å². The minimum absolute atomic E-state index is 0.111. The van der Waals surface area contributed by atoms with Gasteiger partial charge in [-0.2, -0.15) is 13.2 Å². The molecule has 2 aromatic heterocycles. The number of aromatic nitrogens is 3. The van der Waals surface area contributed by atoms with Gasteiger partial charge in [0.1, 0.15) is 22.2 Å². The molecule has 1 aliphatic rings. The summed E-state index contributed by atoms with van der Waals surface area (Å²) in [6.45, 7) is 4.35. The zero-order valence-corrected chi connectivity index (χ0v) is 19.0. The largest absolute Gasteiger partial charge is 0.616 e. The molecule has 6 nitrogen and oxygen atoms in total. The second kappa shape index (κ2) is 9.74. The van der Waals surface area contributed by atoms with Crippen LogP contribution in [0.3, 0.4) is 0 Å². The summed E-state index contributed by atoms with van der Waals surface area (Å²) in [4.78, 5) is 15.3. The van der Waals surface area contributed by atoms with E-state index in [1.54, 1.807) is 11.3 Å². The zero-order chi connectivity index (χ0) is 22.7. The Labute approximate surface area is 191 Å². The highest BCUT2D eigenvalue weighted by Gasteiger charge is 2.32. The molecule has 1 saturated heterocycles. The van der Waals surface area contributed by atoms with E-state index in [0.29, 0.717) is 11.4 Å². The van der Waals surface area contributed by atoms with E-state index in [-0.39, 0.29) is 5.95 Å². The van der Waals surface area contributed by atoms with Gasteiger partial charge in [-0.15, -0.1) is 11.3 Å². The van der Waals surface area contributed by atoms with Gasteiger partial charge in [-0.3, -0.25) is 4.90 Å². The summed E-state index contributed by atoms with van der Waals surface area (Å²) in [7, 11) is 0. The summed E-state index contributed by atoms with van der Waals surface area (Å²) < 4.78 is 50.5. The lowest BCUT2D eigenvalue weighted by molar-refractivity contribution is -0.141. The van der Waals surface area contributed by atoms with Gasteiger partial charge in [0, 0.05) is 37.6 Å². The number of hydrogen-bond donors (Lipinski definition) is 1. The Morgan fingerprint density at radius 3 is 2.84 bits per heavy atom. The van der Waals surface area contributed by atoms with E-state index in [0.717, 1.165) is 65.1 Å². The summed E-state index contributed by atoms with van der Waals surface area (Å²) in [5.41, 5.74) is 1.47. The number of alkyl halides is 3. The van der Waals surface area contributed by atoms with Crippen LogP contribution in [0.1, 0.15) is 22.7 Å². The number of halogens is 3. The summed E-state index contributed by atoms with van der Waals surface area (Å²) in [5.74, 6) is 1.34. The second-order valence-corrected chi connectivity index (χ2v) is 10.4. The maximum absolute atomic E-state index is 12.9. The van der Waals surface area contributed by atoms with E-state index in [2.05, 4.69) is 25.2 Å². The smallest absolute Gasteiger partial charge is 0.433 e. The molecule has 1 fully saturated rings. The van der Waals surface area contributed by atoms with Crippen molar-refractivity contribution in [1.29, 1.82) is 0 Å². The minimum atomic E-state index is -4.53. The number of thiazole rings is 1. The third-order valence-corrected chi connectivity index (χ3v) is 7.37. The highest BCUT2D eigenvalue weighted by Crippen LogP contribution is 2.32. The van der Waals surface area contributed by atoms with Gasteiger partial charge in [-0.1, -0.05) is 17.2 Å². The van der Waals surface area contributed by atoms with Crippen molar-refractivity contribution in [1.82, 2.24) is 19.9 Å². The molecule has 0 bridgehead atoms. The predicted molar refractivity (Wildman–Crippen MR) is 120 cm³/mol. The van der Waals surface area contributed by atoms with Crippen molar-refractivity contribution in [3.63, 3.8) is 0 Å².